The third-order valence-corrected chi connectivity index (χ3v) is 3.17. The summed E-state index contributed by atoms with van der Waals surface area (Å²) in [5.74, 6) is -2.31. The van der Waals surface area contributed by atoms with Gasteiger partial charge in [0.2, 0.25) is 5.91 Å². The van der Waals surface area contributed by atoms with Gasteiger partial charge in [0.1, 0.15) is 11.6 Å². The van der Waals surface area contributed by atoms with Crippen molar-refractivity contribution in [2.45, 2.75) is 6.42 Å². The number of ketones is 1. The zero-order valence-corrected chi connectivity index (χ0v) is 10.2. The van der Waals surface area contributed by atoms with E-state index in [4.69, 9.17) is 0 Å². The third-order valence-electron chi connectivity index (χ3n) is 3.17. The van der Waals surface area contributed by atoms with E-state index in [1.807, 2.05) is 0 Å². The van der Waals surface area contributed by atoms with E-state index >= 15 is 0 Å². The summed E-state index contributed by atoms with van der Waals surface area (Å²) in [5, 5.41) is 2.65. The topological polar surface area (TPSA) is 46.2 Å². The number of anilines is 1. The lowest BCUT2D eigenvalue weighted by atomic mass is 10.00. The van der Waals surface area contributed by atoms with Crippen molar-refractivity contribution in [3.05, 3.63) is 64.7 Å². The van der Waals surface area contributed by atoms with E-state index in [1.54, 1.807) is 12.1 Å². The molecule has 3 nitrogen and oxygen atoms in total. The first-order chi connectivity index (χ1) is 9.54. The van der Waals surface area contributed by atoms with Crippen molar-refractivity contribution in [1.29, 1.82) is 0 Å². The van der Waals surface area contributed by atoms with Crippen LogP contribution in [-0.4, -0.2) is 11.7 Å². The molecule has 3 rings (SSSR count). The summed E-state index contributed by atoms with van der Waals surface area (Å²) < 4.78 is 26.4. The van der Waals surface area contributed by atoms with E-state index in [0.717, 1.165) is 12.1 Å². The fourth-order valence-corrected chi connectivity index (χ4v) is 2.20. The normalized spacial score (nSPS) is 13.0. The lowest BCUT2D eigenvalue weighted by Gasteiger charge is -2.05. The fourth-order valence-electron chi connectivity index (χ4n) is 2.20. The number of halogens is 2. The molecule has 0 saturated heterocycles. The van der Waals surface area contributed by atoms with Crippen LogP contribution in [0.2, 0.25) is 0 Å². The van der Waals surface area contributed by atoms with Gasteiger partial charge >= 0.3 is 0 Å². The largest absolute Gasteiger partial charge is 0.326 e. The van der Waals surface area contributed by atoms with E-state index < -0.39 is 17.4 Å². The highest BCUT2D eigenvalue weighted by Gasteiger charge is 2.21. The summed E-state index contributed by atoms with van der Waals surface area (Å²) in [6.45, 7) is 0. The summed E-state index contributed by atoms with van der Waals surface area (Å²) in [4.78, 5) is 23.4. The predicted octanol–water partition coefficient (Wildman–Crippen LogP) is 2.69. The highest BCUT2D eigenvalue weighted by Crippen LogP contribution is 2.25. The Hall–Kier alpha value is -2.56. The number of benzene rings is 2. The van der Waals surface area contributed by atoms with E-state index in [2.05, 4.69) is 5.32 Å². The molecule has 1 aliphatic rings. The maximum atomic E-state index is 13.6. The minimum absolute atomic E-state index is 0.141. The summed E-state index contributed by atoms with van der Waals surface area (Å²) in [6.07, 6.45) is 0.197. The molecule has 1 amide bonds. The molecule has 5 heteroatoms. The van der Waals surface area contributed by atoms with E-state index in [9.17, 15) is 18.4 Å². The van der Waals surface area contributed by atoms with Gasteiger partial charge in [-0.1, -0.05) is 0 Å². The molecule has 1 aliphatic heterocycles. The Bertz CT molecular complexity index is 741. The second-order valence-electron chi connectivity index (χ2n) is 4.55. The Balaban J connectivity index is 1.99. The average molecular weight is 273 g/mol. The SMILES string of the molecule is O=C1Cc2cc(C(=O)c3ccc(F)cc3F)ccc2N1. The number of amides is 1. The number of rotatable bonds is 2. The molecule has 0 spiro atoms. The molecule has 0 fully saturated rings. The van der Waals surface area contributed by atoms with Gasteiger partial charge in [0.05, 0.1) is 12.0 Å². The average Bonchev–Trinajstić information content (AvgIpc) is 2.77. The van der Waals surface area contributed by atoms with Crippen LogP contribution < -0.4 is 5.32 Å². The van der Waals surface area contributed by atoms with E-state index in [-0.39, 0.29) is 23.5 Å². The number of hydrogen-bond acceptors (Lipinski definition) is 2. The maximum absolute atomic E-state index is 13.6. The zero-order chi connectivity index (χ0) is 14.3. The van der Waals surface area contributed by atoms with Crippen LogP contribution in [0.3, 0.4) is 0 Å². The number of fused-ring (bicyclic) bond motifs is 1. The van der Waals surface area contributed by atoms with Crippen molar-refractivity contribution in [2.24, 2.45) is 0 Å². The molecule has 0 aromatic heterocycles. The molecule has 0 aliphatic carbocycles. The van der Waals surface area contributed by atoms with Crippen LogP contribution >= 0.6 is 0 Å². The number of carbonyl (C=O) groups is 2. The summed E-state index contributed by atoms with van der Waals surface area (Å²) in [5.41, 5.74) is 1.43. The Morgan fingerprint density at radius 3 is 2.65 bits per heavy atom. The van der Waals surface area contributed by atoms with Crippen LogP contribution in [-0.2, 0) is 11.2 Å². The highest BCUT2D eigenvalue weighted by molar-refractivity contribution is 6.10. The maximum Gasteiger partial charge on any atom is 0.228 e. The molecule has 1 heterocycles. The molecular formula is C15H9F2NO2. The van der Waals surface area contributed by atoms with Gasteiger partial charge in [-0.2, -0.15) is 0 Å². The van der Waals surface area contributed by atoms with Gasteiger partial charge in [-0.25, -0.2) is 8.78 Å². The minimum Gasteiger partial charge on any atom is -0.326 e. The third kappa shape index (κ3) is 2.07. The van der Waals surface area contributed by atoms with Crippen LogP contribution in [0, 0.1) is 11.6 Å². The van der Waals surface area contributed by atoms with Crippen molar-refractivity contribution >= 4 is 17.4 Å². The van der Waals surface area contributed by atoms with Gasteiger partial charge in [0.15, 0.2) is 5.78 Å². The Morgan fingerprint density at radius 1 is 1.10 bits per heavy atom. The second-order valence-corrected chi connectivity index (χ2v) is 4.55. The van der Waals surface area contributed by atoms with Crippen LogP contribution in [0.1, 0.15) is 21.5 Å². The summed E-state index contributed by atoms with van der Waals surface area (Å²) >= 11 is 0. The molecule has 100 valence electrons. The van der Waals surface area contributed by atoms with Gasteiger partial charge in [-0.3, -0.25) is 9.59 Å². The first kappa shape index (κ1) is 12.5. The molecule has 0 saturated carbocycles. The van der Waals surface area contributed by atoms with Crippen molar-refractivity contribution in [3.8, 4) is 0 Å². The van der Waals surface area contributed by atoms with Crippen LogP contribution in [0.25, 0.3) is 0 Å². The van der Waals surface area contributed by atoms with Gasteiger partial charge in [0.25, 0.3) is 0 Å². The number of nitrogens with one attached hydrogen (secondary N) is 1. The molecular weight excluding hydrogens is 264 g/mol. The molecule has 0 atom stereocenters. The van der Waals surface area contributed by atoms with Crippen molar-refractivity contribution in [1.82, 2.24) is 0 Å². The predicted molar refractivity (Wildman–Crippen MR) is 68.6 cm³/mol. The summed E-state index contributed by atoms with van der Waals surface area (Å²) in [7, 11) is 0. The Kier molecular flexibility index (Phi) is 2.82. The summed E-state index contributed by atoms with van der Waals surface area (Å²) in [6, 6.07) is 7.49. The number of carbonyl (C=O) groups excluding carboxylic acids is 2. The fraction of sp³-hybridized carbons (Fsp3) is 0.0667. The first-order valence-corrected chi connectivity index (χ1v) is 5.97. The molecule has 0 bridgehead atoms. The van der Waals surface area contributed by atoms with Crippen LogP contribution in [0.4, 0.5) is 14.5 Å². The lowest BCUT2D eigenvalue weighted by Crippen LogP contribution is -2.05. The van der Waals surface area contributed by atoms with E-state index in [0.29, 0.717) is 17.3 Å². The molecule has 2 aromatic rings. The highest BCUT2D eigenvalue weighted by atomic mass is 19.1. The van der Waals surface area contributed by atoms with Crippen LogP contribution in [0.15, 0.2) is 36.4 Å². The number of hydrogen-bond donors (Lipinski definition) is 1. The molecule has 0 unspecified atom stereocenters. The van der Waals surface area contributed by atoms with Crippen LogP contribution in [0.5, 0.6) is 0 Å². The minimum atomic E-state index is -0.898. The smallest absolute Gasteiger partial charge is 0.228 e. The van der Waals surface area contributed by atoms with Crippen molar-refractivity contribution in [3.63, 3.8) is 0 Å². The molecule has 20 heavy (non-hydrogen) atoms. The monoisotopic (exact) mass is 273 g/mol. The van der Waals surface area contributed by atoms with Gasteiger partial charge in [0, 0.05) is 17.3 Å². The lowest BCUT2D eigenvalue weighted by molar-refractivity contribution is -0.115. The van der Waals surface area contributed by atoms with Crippen molar-refractivity contribution < 1.29 is 18.4 Å². The Labute approximate surface area is 113 Å². The van der Waals surface area contributed by atoms with Gasteiger partial charge in [-0.05, 0) is 35.9 Å². The van der Waals surface area contributed by atoms with Gasteiger partial charge in [-0.15, -0.1) is 0 Å². The zero-order valence-electron chi connectivity index (χ0n) is 10.2. The first-order valence-electron chi connectivity index (χ1n) is 5.97. The van der Waals surface area contributed by atoms with E-state index in [1.165, 1.54) is 6.07 Å². The molecule has 0 radical (unpaired) electrons. The quantitative estimate of drug-likeness (QED) is 0.855. The molecule has 2 aromatic carbocycles. The second kappa shape index (κ2) is 4.52. The van der Waals surface area contributed by atoms with Crippen molar-refractivity contribution in [2.75, 3.05) is 5.32 Å². The standard InChI is InChI=1S/C15H9F2NO2/c16-10-2-3-11(12(17)7-10)15(20)8-1-4-13-9(5-8)6-14(19)18-13/h1-5,7H,6H2,(H,18,19). The Morgan fingerprint density at radius 2 is 1.90 bits per heavy atom. The molecule has 1 N–H and O–H groups in total. The van der Waals surface area contributed by atoms with Gasteiger partial charge < -0.3 is 5.32 Å².